The molecule has 5 fully saturated rings. The van der Waals surface area contributed by atoms with Gasteiger partial charge in [-0.25, -0.2) is 0 Å². The second kappa shape index (κ2) is 4.55. The van der Waals surface area contributed by atoms with Gasteiger partial charge in [0.25, 0.3) is 0 Å². The number of hydrogen-bond acceptors (Lipinski definition) is 2. The monoisotopic (exact) mass is 318 g/mol. The second-order valence-corrected chi connectivity index (χ2v) is 10.5. The van der Waals surface area contributed by atoms with Gasteiger partial charge in [0.2, 0.25) is 0 Å². The van der Waals surface area contributed by atoms with Crippen molar-refractivity contribution in [3.63, 3.8) is 0 Å². The highest BCUT2D eigenvalue weighted by Crippen LogP contribution is 2.70. The summed E-state index contributed by atoms with van der Waals surface area (Å²) in [4.78, 5) is 0. The Morgan fingerprint density at radius 1 is 0.913 bits per heavy atom. The SMILES string of the molecule is C[C@]12C[C@H](O)CC1CC[C@@H]1C2CC[C@@]2(C)C1CC[C@@H]2[C@]1(C)CO1. The fourth-order valence-corrected chi connectivity index (χ4v) is 8.48. The predicted octanol–water partition coefficient (Wildman–Crippen LogP) is 4.41. The number of aliphatic hydroxyl groups is 1. The van der Waals surface area contributed by atoms with Gasteiger partial charge in [0.05, 0.1) is 18.3 Å². The van der Waals surface area contributed by atoms with Crippen LogP contribution in [-0.2, 0) is 4.74 Å². The van der Waals surface area contributed by atoms with Crippen LogP contribution in [0.25, 0.3) is 0 Å². The van der Waals surface area contributed by atoms with E-state index in [1.54, 1.807) is 0 Å². The molecule has 0 spiro atoms. The second-order valence-electron chi connectivity index (χ2n) is 10.5. The van der Waals surface area contributed by atoms with Crippen molar-refractivity contribution in [3.8, 4) is 0 Å². The van der Waals surface area contributed by atoms with Crippen LogP contribution in [0.1, 0.15) is 72.1 Å². The van der Waals surface area contributed by atoms with Gasteiger partial charge >= 0.3 is 0 Å². The molecular formula is C21H34O2. The Hall–Kier alpha value is -0.0800. The largest absolute Gasteiger partial charge is 0.393 e. The average molecular weight is 319 g/mol. The molecule has 1 saturated heterocycles. The lowest BCUT2D eigenvalue weighted by molar-refractivity contribution is -0.0925. The third kappa shape index (κ3) is 1.89. The van der Waals surface area contributed by atoms with Crippen LogP contribution in [-0.4, -0.2) is 23.4 Å². The van der Waals surface area contributed by atoms with E-state index in [0.29, 0.717) is 10.8 Å². The zero-order valence-corrected chi connectivity index (χ0v) is 15.2. The Morgan fingerprint density at radius 3 is 2.39 bits per heavy atom. The van der Waals surface area contributed by atoms with Gasteiger partial charge in [0.15, 0.2) is 0 Å². The van der Waals surface area contributed by atoms with Crippen LogP contribution in [0, 0.1) is 40.4 Å². The molecule has 2 heteroatoms. The van der Waals surface area contributed by atoms with E-state index in [1.807, 2.05) is 0 Å². The molecule has 130 valence electrons. The molecule has 0 radical (unpaired) electrons. The van der Waals surface area contributed by atoms with E-state index in [-0.39, 0.29) is 11.7 Å². The highest BCUT2D eigenvalue weighted by atomic mass is 16.6. The van der Waals surface area contributed by atoms with Crippen LogP contribution in [0.4, 0.5) is 0 Å². The van der Waals surface area contributed by atoms with E-state index >= 15 is 0 Å². The van der Waals surface area contributed by atoms with Crippen LogP contribution in [0.15, 0.2) is 0 Å². The molecule has 2 nitrogen and oxygen atoms in total. The summed E-state index contributed by atoms with van der Waals surface area (Å²) in [6.07, 6.45) is 10.6. The van der Waals surface area contributed by atoms with E-state index in [1.165, 1.54) is 38.5 Å². The molecule has 0 aromatic rings. The van der Waals surface area contributed by atoms with Gasteiger partial charge in [-0.15, -0.1) is 0 Å². The molecule has 5 rings (SSSR count). The van der Waals surface area contributed by atoms with E-state index in [2.05, 4.69) is 20.8 Å². The summed E-state index contributed by atoms with van der Waals surface area (Å²) in [6, 6.07) is 0. The summed E-state index contributed by atoms with van der Waals surface area (Å²) in [6.45, 7) is 8.50. The van der Waals surface area contributed by atoms with Crippen molar-refractivity contribution in [3.05, 3.63) is 0 Å². The first-order chi connectivity index (χ1) is 10.9. The number of aliphatic hydroxyl groups excluding tert-OH is 1. The maximum Gasteiger partial charge on any atom is 0.0921 e. The molecule has 0 aromatic heterocycles. The van der Waals surface area contributed by atoms with E-state index in [0.717, 1.165) is 49.0 Å². The highest BCUT2D eigenvalue weighted by molar-refractivity contribution is 5.14. The summed E-state index contributed by atoms with van der Waals surface area (Å²) in [5.41, 5.74) is 1.16. The van der Waals surface area contributed by atoms with E-state index in [9.17, 15) is 5.11 Å². The number of epoxide rings is 1. The van der Waals surface area contributed by atoms with Crippen molar-refractivity contribution in [2.45, 2.75) is 83.8 Å². The van der Waals surface area contributed by atoms with Crippen molar-refractivity contribution in [2.24, 2.45) is 40.4 Å². The molecule has 0 amide bonds. The minimum absolute atomic E-state index is 0.0211. The molecule has 0 aromatic carbocycles. The van der Waals surface area contributed by atoms with Crippen LogP contribution < -0.4 is 0 Å². The zero-order chi connectivity index (χ0) is 16.0. The third-order valence-electron chi connectivity index (χ3n) is 9.63. The Balaban J connectivity index is 1.45. The first-order valence-electron chi connectivity index (χ1n) is 10.2. The Kier molecular flexibility index (Phi) is 3.01. The lowest BCUT2D eigenvalue weighted by Crippen LogP contribution is -2.51. The Labute approximate surface area is 141 Å². The number of ether oxygens (including phenoxy) is 1. The quantitative estimate of drug-likeness (QED) is 0.727. The lowest BCUT2D eigenvalue weighted by atomic mass is 9.47. The van der Waals surface area contributed by atoms with Crippen LogP contribution in [0.2, 0.25) is 0 Å². The van der Waals surface area contributed by atoms with Gasteiger partial charge in [-0.2, -0.15) is 0 Å². The van der Waals surface area contributed by atoms with Gasteiger partial charge in [-0.3, -0.25) is 0 Å². The average Bonchev–Trinajstić information content (AvgIpc) is 2.99. The molecule has 0 bridgehead atoms. The van der Waals surface area contributed by atoms with Gasteiger partial charge in [0.1, 0.15) is 0 Å². The summed E-state index contributed by atoms with van der Waals surface area (Å²) < 4.78 is 5.90. The fraction of sp³-hybridized carbons (Fsp3) is 1.00. The number of fused-ring (bicyclic) bond motifs is 5. The molecule has 23 heavy (non-hydrogen) atoms. The Morgan fingerprint density at radius 2 is 1.65 bits per heavy atom. The summed E-state index contributed by atoms with van der Waals surface area (Å²) in [5, 5.41) is 10.3. The maximum absolute atomic E-state index is 10.3. The van der Waals surface area contributed by atoms with Gasteiger partial charge in [0, 0.05) is 0 Å². The lowest BCUT2D eigenvalue weighted by Gasteiger charge is -2.58. The van der Waals surface area contributed by atoms with Crippen LogP contribution in [0.5, 0.6) is 0 Å². The first-order valence-corrected chi connectivity index (χ1v) is 10.2. The normalized spacial score (nSPS) is 64.2. The summed E-state index contributed by atoms with van der Waals surface area (Å²) in [7, 11) is 0. The highest BCUT2D eigenvalue weighted by Gasteiger charge is 2.65. The van der Waals surface area contributed by atoms with Crippen molar-refractivity contribution < 1.29 is 9.84 Å². The van der Waals surface area contributed by atoms with Gasteiger partial charge in [-0.1, -0.05) is 13.8 Å². The van der Waals surface area contributed by atoms with Crippen LogP contribution >= 0.6 is 0 Å². The minimum Gasteiger partial charge on any atom is -0.393 e. The summed E-state index contributed by atoms with van der Waals surface area (Å²) >= 11 is 0. The number of hydrogen-bond donors (Lipinski definition) is 1. The molecule has 1 N–H and O–H groups in total. The molecule has 3 unspecified atom stereocenters. The van der Waals surface area contributed by atoms with Gasteiger partial charge < -0.3 is 9.84 Å². The smallest absolute Gasteiger partial charge is 0.0921 e. The van der Waals surface area contributed by atoms with Crippen molar-refractivity contribution >= 4 is 0 Å². The molecule has 4 saturated carbocycles. The van der Waals surface area contributed by atoms with Crippen molar-refractivity contribution in [1.29, 1.82) is 0 Å². The standard InChI is InChI=1S/C21H34O2/c1-19-9-8-17-15(5-4-13-10-14(22)11-20(13,17)2)16(19)6-7-18(19)21(3)12-23-21/h13-18,22H,4-12H2,1-3H3/t13?,14-,15+,16?,17?,18+,19+,20+,21+/m1/s1. The molecular weight excluding hydrogens is 284 g/mol. The predicted molar refractivity (Wildman–Crippen MR) is 91.0 cm³/mol. The van der Waals surface area contributed by atoms with Crippen molar-refractivity contribution in [2.75, 3.05) is 6.61 Å². The fourth-order valence-electron chi connectivity index (χ4n) is 8.48. The first kappa shape index (κ1) is 15.2. The molecule has 4 aliphatic carbocycles. The van der Waals surface area contributed by atoms with Gasteiger partial charge in [-0.05, 0) is 98.7 Å². The Bertz CT molecular complexity index is 512. The van der Waals surface area contributed by atoms with Crippen molar-refractivity contribution in [1.82, 2.24) is 0 Å². The molecule has 1 aliphatic heterocycles. The topological polar surface area (TPSA) is 32.8 Å². The molecule has 1 heterocycles. The van der Waals surface area contributed by atoms with Crippen LogP contribution in [0.3, 0.4) is 0 Å². The molecule has 5 aliphatic rings. The van der Waals surface area contributed by atoms with E-state index < -0.39 is 0 Å². The third-order valence-corrected chi connectivity index (χ3v) is 9.63. The molecule has 9 atom stereocenters. The summed E-state index contributed by atoms with van der Waals surface area (Å²) in [5.74, 6) is 4.31. The zero-order valence-electron chi connectivity index (χ0n) is 15.2. The maximum atomic E-state index is 10.3. The minimum atomic E-state index is -0.0211. The number of rotatable bonds is 1. The van der Waals surface area contributed by atoms with E-state index in [4.69, 9.17) is 4.74 Å².